The zero-order valence-corrected chi connectivity index (χ0v) is 9.29. The van der Waals surface area contributed by atoms with Gasteiger partial charge in [0.15, 0.2) is 0 Å². The lowest BCUT2D eigenvalue weighted by Gasteiger charge is -2.15. The highest BCUT2D eigenvalue weighted by atomic mass is 31.2. The molecule has 0 amide bonds. The molecule has 0 aliphatic heterocycles. The Kier molecular flexibility index (Phi) is 3.78. The van der Waals surface area contributed by atoms with Crippen LogP contribution in [0.2, 0.25) is 5.82 Å². The minimum absolute atomic E-state index is 0.124. The van der Waals surface area contributed by atoms with Gasteiger partial charge in [-0.1, -0.05) is 12.2 Å². The summed E-state index contributed by atoms with van der Waals surface area (Å²) in [4.78, 5) is 0. The van der Waals surface area contributed by atoms with E-state index in [2.05, 4.69) is 13.9 Å². The van der Waals surface area contributed by atoms with Gasteiger partial charge in [-0.2, -0.15) is 0 Å². The predicted octanol–water partition coefficient (Wildman–Crippen LogP) is 1.26. The Hall–Kier alpha value is -0.0451. The fourth-order valence-corrected chi connectivity index (χ4v) is 1.81. The number of allylic oxidation sites excluding steroid dienone is 1. The fourth-order valence-electron chi connectivity index (χ4n) is 1.24. The Balaban J connectivity index is 2.28. The maximum absolute atomic E-state index is 11.4. The molecule has 0 bridgehead atoms. The summed E-state index contributed by atoms with van der Waals surface area (Å²) < 4.78 is 21.7. The Morgan fingerprint density at radius 3 is 2.77 bits per heavy atom. The normalized spacial score (nSPS) is 31.8. The van der Waals surface area contributed by atoms with Crippen molar-refractivity contribution in [2.75, 3.05) is 20.1 Å². The van der Waals surface area contributed by atoms with Gasteiger partial charge in [-0.05, 0) is 12.2 Å². The van der Waals surface area contributed by atoms with Crippen LogP contribution in [0.1, 0.15) is 6.42 Å². The molecule has 0 fully saturated rings. The molecule has 0 aromatic rings. The summed E-state index contributed by atoms with van der Waals surface area (Å²) in [5.41, 5.74) is 0. The van der Waals surface area contributed by atoms with E-state index >= 15 is 0 Å². The van der Waals surface area contributed by atoms with Gasteiger partial charge in [-0.15, -0.1) is 0 Å². The monoisotopic (exact) mass is 202 g/mol. The van der Waals surface area contributed by atoms with Crippen LogP contribution in [0, 0.1) is 0 Å². The van der Waals surface area contributed by atoms with Gasteiger partial charge >= 0.3 is 0 Å². The first-order valence-corrected chi connectivity index (χ1v) is 6.71. The molecule has 0 aromatic heterocycles. The second-order valence-corrected chi connectivity index (χ2v) is 6.28. The number of rotatable bonds is 4. The van der Waals surface area contributed by atoms with Crippen LogP contribution >= 0.6 is 7.37 Å². The summed E-state index contributed by atoms with van der Waals surface area (Å²) in [7, 11) is 1.09. The molecule has 13 heavy (non-hydrogen) atoms. The average molecular weight is 202 g/mol. The molecule has 0 saturated carbocycles. The zero-order chi connectivity index (χ0) is 9.90. The summed E-state index contributed by atoms with van der Waals surface area (Å²) in [5.74, 6) is 0.573. The van der Waals surface area contributed by atoms with E-state index in [1.165, 1.54) is 7.11 Å². The molecule has 1 rings (SSSR count). The highest BCUT2D eigenvalue weighted by molar-refractivity contribution is 7.57. The van der Waals surface area contributed by atoms with Crippen molar-refractivity contribution in [2.24, 2.45) is 0 Å². The van der Waals surface area contributed by atoms with Crippen molar-refractivity contribution >= 4 is 15.2 Å². The molecular formula is C8H16BO3P. The van der Waals surface area contributed by atoms with Gasteiger partial charge in [0.2, 0.25) is 7.37 Å². The second kappa shape index (κ2) is 4.45. The Morgan fingerprint density at radius 2 is 2.31 bits per heavy atom. The van der Waals surface area contributed by atoms with Crippen LogP contribution in [0.25, 0.3) is 0 Å². The lowest BCUT2D eigenvalue weighted by Crippen LogP contribution is -2.09. The van der Waals surface area contributed by atoms with Crippen molar-refractivity contribution in [1.82, 2.24) is 0 Å². The number of hydrogen-bond acceptors (Lipinski definition) is 3. The molecule has 0 heterocycles. The molecule has 0 spiro atoms. The zero-order valence-electron chi connectivity index (χ0n) is 8.40. The third-order valence-corrected chi connectivity index (χ3v) is 3.56. The average Bonchev–Trinajstić information content (AvgIpc) is 2.48. The molecule has 5 heteroatoms. The molecule has 3 atom stereocenters. The van der Waals surface area contributed by atoms with E-state index in [0.717, 1.165) is 6.42 Å². The first kappa shape index (κ1) is 11.0. The van der Waals surface area contributed by atoms with Crippen LogP contribution in [-0.2, 0) is 13.8 Å². The molecule has 74 valence electrons. The van der Waals surface area contributed by atoms with E-state index in [9.17, 15) is 4.57 Å². The molecule has 0 aromatic carbocycles. The van der Waals surface area contributed by atoms with Crippen LogP contribution in [0.4, 0.5) is 0 Å². The lowest BCUT2D eigenvalue weighted by molar-refractivity contribution is 0.115. The van der Waals surface area contributed by atoms with E-state index in [-0.39, 0.29) is 12.5 Å². The van der Waals surface area contributed by atoms with Crippen LogP contribution in [0.5, 0.6) is 0 Å². The smallest absolute Gasteiger partial charge is 0.224 e. The summed E-state index contributed by atoms with van der Waals surface area (Å²) in [6.45, 7) is 1.59. The van der Waals surface area contributed by atoms with Crippen molar-refractivity contribution < 1.29 is 13.8 Å². The first-order chi connectivity index (χ1) is 6.03. The summed E-state index contributed by atoms with van der Waals surface area (Å²) in [6.07, 6.45) is 5.48. The minimum Gasteiger partial charge on any atom is -0.364 e. The van der Waals surface area contributed by atoms with Gasteiger partial charge in [-0.3, -0.25) is 4.57 Å². The quantitative estimate of drug-likeness (QED) is 0.391. The van der Waals surface area contributed by atoms with E-state index in [0.29, 0.717) is 5.82 Å². The molecule has 1 aliphatic carbocycles. The van der Waals surface area contributed by atoms with Gasteiger partial charge < -0.3 is 9.26 Å². The Labute approximate surface area is 80.4 Å². The van der Waals surface area contributed by atoms with Crippen molar-refractivity contribution in [2.45, 2.75) is 18.3 Å². The predicted molar refractivity (Wildman–Crippen MR) is 56.3 cm³/mol. The largest absolute Gasteiger partial charge is 0.364 e. The first-order valence-electron chi connectivity index (χ1n) is 4.46. The van der Waals surface area contributed by atoms with E-state index in [1.807, 2.05) is 6.08 Å². The van der Waals surface area contributed by atoms with E-state index < -0.39 is 7.37 Å². The number of ether oxygens (including phenoxy) is 1. The van der Waals surface area contributed by atoms with Gasteiger partial charge in [0.05, 0.1) is 6.10 Å². The summed E-state index contributed by atoms with van der Waals surface area (Å²) in [5, 5.41) is 0. The Bertz CT molecular complexity index is 242. The van der Waals surface area contributed by atoms with Crippen molar-refractivity contribution in [3.05, 3.63) is 12.2 Å². The summed E-state index contributed by atoms with van der Waals surface area (Å²) in [6, 6.07) is 0. The SMILES string of the molecule is BC1C=CC(OCP(C)(=O)OC)C1. The molecule has 0 N–H and O–H groups in total. The molecular weight excluding hydrogens is 186 g/mol. The van der Waals surface area contributed by atoms with Gasteiger partial charge in [-0.25, -0.2) is 0 Å². The molecule has 0 radical (unpaired) electrons. The Morgan fingerprint density at radius 1 is 1.62 bits per heavy atom. The van der Waals surface area contributed by atoms with E-state index in [4.69, 9.17) is 9.26 Å². The highest BCUT2D eigenvalue weighted by Crippen LogP contribution is 2.42. The number of hydrogen-bond donors (Lipinski definition) is 0. The van der Waals surface area contributed by atoms with Crippen LogP contribution in [0.15, 0.2) is 12.2 Å². The fraction of sp³-hybridized carbons (Fsp3) is 0.750. The molecule has 3 nitrogen and oxygen atoms in total. The van der Waals surface area contributed by atoms with Crippen molar-refractivity contribution in [3.8, 4) is 0 Å². The standard InChI is InChI=1S/C8H16BO3P/c1-11-13(2,10)6-12-8-4-3-7(9)5-8/h3-4,7-8H,5-6,9H2,1-2H3. The van der Waals surface area contributed by atoms with Crippen molar-refractivity contribution in [1.29, 1.82) is 0 Å². The highest BCUT2D eigenvalue weighted by Gasteiger charge is 2.20. The maximum atomic E-state index is 11.4. The topological polar surface area (TPSA) is 35.5 Å². The summed E-state index contributed by atoms with van der Waals surface area (Å²) >= 11 is 0. The van der Waals surface area contributed by atoms with Crippen LogP contribution in [0.3, 0.4) is 0 Å². The maximum Gasteiger partial charge on any atom is 0.224 e. The van der Waals surface area contributed by atoms with Crippen molar-refractivity contribution in [3.63, 3.8) is 0 Å². The van der Waals surface area contributed by atoms with Crippen LogP contribution in [-0.4, -0.2) is 34.1 Å². The van der Waals surface area contributed by atoms with E-state index in [1.54, 1.807) is 6.66 Å². The molecule has 0 saturated heterocycles. The van der Waals surface area contributed by atoms with Gasteiger partial charge in [0, 0.05) is 13.8 Å². The second-order valence-electron chi connectivity index (χ2n) is 3.63. The third kappa shape index (κ3) is 3.67. The third-order valence-electron chi connectivity index (χ3n) is 2.17. The minimum atomic E-state index is -2.50. The lowest BCUT2D eigenvalue weighted by atomic mass is 9.87. The van der Waals surface area contributed by atoms with Gasteiger partial charge in [0.25, 0.3) is 0 Å². The molecule has 3 unspecified atom stereocenters. The van der Waals surface area contributed by atoms with Crippen LogP contribution < -0.4 is 0 Å². The van der Waals surface area contributed by atoms with Gasteiger partial charge in [0.1, 0.15) is 14.2 Å². The molecule has 1 aliphatic rings.